The summed E-state index contributed by atoms with van der Waals surface area (Å²) in [6.07, 6.45) is 6.37. The lowest BCUT2D eigenvalue weighted by atomic mass is 9.71. The zero-order valence-corrected chi connectivity index (χ0v) is 13.5. The zero-order chi connectivity index (χ0) is 14.6. The van der Waals surface area contributed by atoms with Crippen LogP contribution in [0.25, 0.3) is 0 Å². The lowest BCUT2D eigenvalue weighted by Crippen LogP contribution is -2.39. The van der Waals surface area contributed by atoms with E-state index in [0.29, 0.717) is 13.0 Å². The van der Waals surface area contributed by atoms with E-state index in [1.54, 1.807) is 0 Å². The summed E-state index contributed by atoms with van der Waals surface area (Å²) in [4.78, 5) is 13.4. The molecule has 2 rings (SSSR count). The van der Waals surface area contributed by atoms with Gasteiger partial charge in [-0.2, -0.15) is 0 Å². The first-order valence-corrected chi connectivity index (χ1v) is 8.49. The maximum Gasteiger partial charge on any atom is 0.221 e. The van der Waals surface area contributed by atoms with Gasteiger partial charge in [0.1, 0.15) is 0 Å². The molecule has 1 aromatic heterocycles. The van der Waals surface area contributed by atoms with Crippen molar-refractivity contribution in [3.63, 3.8) is 0 Å². The molecule has 0 bridgehead atoms. The second-order valence-corrected chi connectivity index (χ2v) is 7.62. The molecule has 1 heterocycles. The molecule has 1 unspecified atom stereocenters. The normalized spacial score (nSPS) is 19.6. The minimum absolute atomic E-state index is 0.0124. The van der Waals surface area contributed by atoms with Crippen LogP contribution >= 0.6 is 22.9 Å². The first kappa shape index (κ1) is 15.8. The molecular weight excluding hydrogens is 292 g/mol. The number of hydrogen-bond acceptors (Lipinski definition) is 3. The summed E-state index contributed by atoms with van der Waals surface area (Å²) in [6, 6.07) is 3.85. The summed E-state index contributed by atoms with van der Waals surface area (Å²) < 4.78 is 0.756. The second kappa shape index (κ2) is 6.92. The number of nitrogens with two attached hydrogens (primary N) is 1. The highest BCUT2D eigenvalue weighted by Gasteiger charge is 2.33. The minimum Gasteiger partial charge on any atom is -0.349 e. The number of hydrogen-bond donors (Lipinski definition) is 2. The van der Waals surface area contributed by atoms with Crippen molar-refractivity contribution >= 4 is 28.8 Å². The van der Waals surface area contributed by atoms with E-state index in [0.717, 1.165) is 22.1 Å². The Balaban J connectivity index is 1.91. The van der Waals surface area contributed by atoms with Crippen molar-refractivity contribution in [3.05, 3.63) is 21.3 Å². The number of carbonyl (C=O) groups is 1. The molecule has 0 aromatic carbocycles. The summed E-state index contributed by atoms with van der Waals surface area (Å²) in [7, 11) is 0. The second-order valence-electron chi connectivity index (χ2n) is 5.87. The van der Waals surface area contributed by atoms with Crippen LogP contribution in [0.5, 0.6) is 0 Å². The summed E-state index contributed by atoms with van der Waals surface area (Å²) >= 11 is 7.45. The summed E-state index contributed by atoms with van der Waals surface area (Å²) in [6.45, 7) is 2.61. The Hall–Kier alpha value is -0.580. The Kier molecular flexibility index (Phi) is 5.47. The molecule has 3 N–H and O–H groups in total. The van der Waals surface area contributed by atoms with Crippen LogP contribution in [0.4, 0.5) is 0 Å². The molecule has 1 aromatic rings. The molecule has 0 saturated heterocycles. The quantitative estimate of drug-likeness (QED) is 0.866. The number of thiophene rings is 1. The molecule has 1 fully saturated rings. The highest BCUT2D eigenvalue weighted by atomic mass is 35.5. The van der Waals surface area contributed by atoms with Gasteiger partial charge in [0.15, 0.2) is 0 Å². The van der Waals surface area contributed by atoms with Crippen molar-refractivity contribution in [2.45, 2.75) is 51.5 Å². The van der Waals surface area contributed by atoms with E-state index >= 15 is 0 Å². The first-order chi connectivity index (χ1) is 9.54. The molecule has 1 atom stereocenters. The third kappa shape index (κ3) is 3.96. The fourth-order valence-corrected chi connectivity index (χ4v) is 4.08. The van der Waals surface area contributed by atoms with E-state index in [1.165, 1.54) is 30.6 Å². The molecule has 112 valence electrons. The van der Waals surface area contributed by atoms with Crippen LogP contribution in [0, 0.1) is 5.41 Å². The minimum atomic E-state index is 0.0124. The van der Waals surface area contributed by atoms with Crippen molar-refractivity contribution in [1.82, 2.24) is 5.32 Å². The zero-order valence-electron chi connectivity index (χ0n) is 12.0. The van der Waals surface area contributed by atoms with Crippen molar-refractivity contribution in [2.24, 2.45) is 11.1 Å². The van der Waals surface area contributed by atoms with E-state index in [-0.39, 0.29) is 17.4 Å². The lowest BCUT2D eigenvalue weighted by Gasteiger charge is -2.35. The van der Waals surface area contributed by atoms with Gasteiger partial charge in [-0.25, -0.2) is 0 Å². The van der Waals surface area contributed by atoms with Crippen LogP contribution in [0.2, 0.25) is 4.34 Å². The molecule has 1 aliphatic rings. The number of rotatable bonds is 5. The van der Waals surface area contributed by atoms with Crippen molar-refractivity contribution in [3.8, 4) is 0 Å². The van der Waals surface area contributed by atoms with Gasteiger partial charge >= 0.3 is 0 Å². The van der Waals surface area contributed by atoms with Crippen LogP contribution in [0.15, 0.2) is 12.1 Å². The van der Waals surface area contributed by atoms with Gasteiger partial charge in [-0.3, -0.25) is 4.79 Å². The molecule has 1 aliphatic carbocycles. The van der Waals surface area contributed by atoms with Crippen LogP contribution in [0.1, 0.15) is 56.4 Å². The monoisotopic (exact) mass is 314 g/mol. The smallest absolute Gasteiger partial charge is 0.221 e. The third-order valence-electron chi connectivity index (χ3n) is 4.28. The molecular formula is C15H23ClN2OS. The van der Waals surface area contributed by atoms with Gasteiger partial charge in [0, 0.05) is 11.3 Å². The fraction of sp³-hybridized carbons (Fsp3) is 0.667. The third-order valence-corrected chi connectivity index (χ3v) is 5.69. The molecule has 0 spiro atoms. The van der Waals surface area contributed by atoms with Gasteiger partial charge in [0.25, 0.3) is 0 Å². The Morgan fingerprint density at radius 2 is 2.15 bits per heavy atom. The predicted octanol–water partition coefficient (Wildman–Crippen LogP) is 3.88. The van der Waals surface area contributed by atoms with E-state index in [1.807, 2.05) is 19.1 Å². The molecule has 1 amide bonds. The highest BCUT2D eigenvalue weighted by Crippen LogP contribution is 2.38. The average molecular weight is 315 g/mol. The molecule has 0 aliphatic heterocycles. The van der Waals surface area contributed by atoms with Gasteiger partial charge < -0.3 is 11.1 Å². The maximum absolute atomic E-state index is 12.3. The fourth-order valence-electron chi connectivity index (χ4n) is 3.02. The Morgan fingerprint density at radius 3 is 2.70 bits per heavy atom. The number of amides is 1. The average Bonchev–Trinajstić information content (AvgIpc) is 2.86. The van der Waals surface area contributed by atoms with Crippen LogP contribution in [-0.2, 0) is 4.79 Å². The van der Waals surface area contributed by atoms with Crippen molar-refractivity contribution in [1.29, 1.82) is 0 Å². The largest absolute Gasteiger partial charge is 0.349 e. The number of halogens is 1. The Morgan fingerprint density at radius 1 is 1.45 bits per heavy atom. The van der Waals surface area contributed by atoms with E-state index in [9.17, 15) is 4.79 Å². The van der Waals surface area contributed by atoms with Gasteiger partial charge in [0.2, 0.25) is 5.91 Å². The van der Waals surface area contributed by atoms with Crippen LogP contribution in [-0.4, -0.2) is 12.5 Å². The molecule has 5 heteroatoms. The van der Waals surface area contributed by atoms with Crippen LogP contribution < -0.4 is 11.1 Å². The van der Waals surface area contributed by atoms with E-state index in [2.05, 4.69) is 5.32 Å². The molecule has 1 saturated carbocycles. The standard InChI is InChI=1S/C15H23ClN2OS/c1-11(12-5-6-13(16)20-12)18-14(19)9-15(10-17)7-3-2-4-8-15/h5-6,11H,2-4,7-10,17H2,1H3,(H,18,19). The van der Waals surface area contributed by atoms with Crippen molar-refractivity contribution < 1.29 is 4.79 Å². The topological polar surface area (TPSA) is 55.1 Å². The molecule has 20 heavy (non-hydrogen) atoms. The van der Waals surface area contributed by atoms with E-state index < -0.39 is 0 Å². The van der Waals surface area contributed by atoms with Gasteiger partial charge in [-0.05, 0) is 43.9 Å². The Bertz CT molecular complexity index is 454. The molecule has 3 nitrogen and oxygen atoms in total. The summed E-state index contributed by atoms with van der Waals surface area (Å²) in [5, 5.41) is 3.07. The van der Waals surface area contributed by atoms with Gasteiger partial charge in [-0.15, -0.1) is 11.3 Å². The highest BCUT2D eigenvalue weighted by molar-refractivity contribution is 7.16. The SMILES string of the molecule is CC(NC(=O)CC1(CN)CCCCC1)c1ccc(Cl)s1. The maximum atomic E-state index is 12.3. The summed E-state index contributed by atoms with van der Waals surface area (Å²) in [5.74, 6) is 0.106. The molecule has 0 radical (unpaired) electrons. The van der Waals surface area contributed by atoms with Crippen molar-refractivity contribution in [2.75, 3.05) is 6.54 Å². The number of carbonyl (C=O) groups excluding carboxylic acids is 1. The van der Waals surface area contributed by atoms with Crippen LogP contribution in [0.3, 0.4) is 0 Å². The predicted molar refractivity (Wildman–Crippen MR) is 85.1 cm³/mol. The summed E-state index contributed by atoms with van der Waals surface area (Å²) in [5.41, 5.74) is 5.96. The Labute approximate surface area is 129 Å². The first-order valence-electron chi connectivity index (χ1n) is 7.29. The van der Waals surface area contributed by atoms with E-state index in [4.69, 9.17) is 17.3 Å². The number of nitrogens with one attached hydrogen (secondary N) is 1. The van der Waals surface area contributed by atoms with Gasteiger partial charge in [-0.1, -0.05) is 30.9 Å². The lowest BCUT2D eigenvalue weighted by molar-refractivity contribution is -0.124. The van der Waals surface area contributed by atoms with Gasteiger partial charge in [0.05, 0.1) is 10.4 Å².